The molecule has 2 N–H and O–H groups in total. The van der Waals surface area contributed by atoms with Gasteiger partial charge in [0.1, 0.15) is 18.1 Å². The fourth-order valence-corrected chi connectivity index (χ4v) is 3.97. The van der Waals surface area contributed by atoms with Crippen LogP contribution in [0.1, 0.15) is 61.8 Å². The Labute approximate surface area is 189 Å². The Balaban J connectivity index is 0.00000240. The zero-order chi connectivity index (χ0) is 19.3. The zero-order valence-electron chi connectivity index (χ0n) is 17.2. The molecule has 1 aromatic carbocycles. The molecule has 1 saturated carbocycles. The van der Waals surface area contributed by atoms with Gasteiger partial charge in [-0.25, -0.2) is 4.99 Å². The number of hydrogen-bond donors (Lipinski definition) is 2. The van der Waals surface area contributed by atoms with E-state index in [4.69, 9.17) is 9.73 Å². The van der Waals surface area contributed by atoms with Gasteiger partial charge in [0.25, 0.3) is 0 Å². The van der Waals surface area contributed by atoms with Gasteiger partial charge in [0, 0.05) is 25.1 Å². The quantitative estimate of drug-likeness (QED) is 0.373. The van der Waals surface area contributed by atoms with Crippen LogP contribution in [-0.4, -0.2) is 33.4 Å². The Morgan fingerprint density at radius 3 is 2.69 bits per heavy atom. The van der Waals surface area contributed by atoms with Crippen LogP contribution in [-0.2, 0) is 13.6 Å². The van der Waals surface area contributed by atoms with Crippen LogP contribution in [0.5, 0.6) is 5.75 Å². The lowest BCUT2D eigenvalue weighted by Gasteiger charge is -2.30. The summed E-state index contributed by atoms with van der Waals surface area (Å²) in [4.78, 5) is 4.86. The van der Waals surface area contributed by atoms with E-state index in [1.165, 1.54) is 37.7 Å². The van der Waals surface area contributed by atoms with Crippen LogP contribution >= 0.6 is 24.0 Å². The van der Waals surface area contributed by atoms with Crippen molar-refractivity contribution in [3.63, 3.8) is 0 Å². The van der Waals surface area contributed by atoms with Gasteiger partial charge in [0.15, 0.2) is 11.8 Å². The summed E-state index contributed by atoms with van der Waals surface area (Å²) in [6.07, 6.45) is 7.23. The summed E-state index contributed by atoms with van der Waals surface area (Å²) >= 11 is 0. The summed E-state index contributed by atoms with van der Waals surface area (Å²) in [6, 6.07) is 8.94. The Morgan fingerprint density at radius 1 is 1.14 bits per heavy atom. The van der Waals surface area contributed by atoms with E-state index in [1.807, 2.05) is 30.7 Å². The number of ether oxygens (including phenoxy) is 1. The van der Waals surface area contributed by atoms with E-state index in [2.05, 4.69) is 33.0 Å². The second kappa shape index (κ2) is 10.3. The molecule has 1 aliphatic heterocycles. The van der Waals surface area contributed by atoms with Gasteiger partial charge in [-0.05, 0) is 25.8 Å². The van der Waals surface area contributed by atoms with Crippen LogP contribution in [0.25, 0.3) is 0 Å². The summed E-state index contributed by atoms with van der Waals surface area (Å²) in [5, 5.41) is 15.7. The highest BCUT2D eigenvalue weighted by Crippen LogP contribution is 2.31. The van der Waals surface area contributed by atoms with E-state index in [9.17, 15) is 0 Å². The SMILES string of the molecule is Cc1nnc(CN=C(NC2CCCCC2)NC2CCOc3ccccc32)n1C.I. The predicted molar refractivity (Wildman–Crippen MR) is 125 cm³/mol. The number of halogens is 1. The first-order chi connectivity index (χ1) is 13.7. The first kappa shape index (κ1) is 21.9. The predicted octanol–water partition coefficient (Wildman–Crippen LogP) is 3.63. The van der Waals surface area contributed by atoms with Gasteiger partial charge in [-0.2, -0.15) is 0 Å². The van der Waals surface area contributed by atoms with Crippen LogP contribution in [0.4, 0.5) is 0 Å². The molecule has 0 bridgehead atoms. The highest BCUT2D eigenvalue weighted by atomic mass is 127. The normalized spacial score (nSPS) is 19.7. The number of benzene rings is 1. The second-order valence-corrected chi connectivity index (χ2v) is 7.74. The number of rotatable bonds is 4. The lowest BCUT2D eigenvalue weighted by molar-refractivity contribution is 0.261. The molecule has 0 radical (unpaired) electrons. The van der Waals surface area contributed by atoms with Gasteiger partial charge in [-0.1, -0.05) is 37.5 Å². The smallest absolute Gasteiger partial charge is 0.192 e. The maximum atomic E-state index is 5.81. The number of para-hydroxylation sites is 1. The average Bonchev–Trinajstić information content (AvgIpc) is 3.05. The molecule has 8 heteroatoms. The van der Waals surface area contributed by atoms with E-state index in [0.29, 0.717) is 19.2 Å². The van der Waals surface area contributed by atoms with Crippen molar-refractivity contribution >= 4 is 29.9 Å². The number of nitrogens with one attached hydrogen (secondary N) is 2. The molecule has 4 rings (SSSR count). The number of aromatic nitrogens is 3. The Kier molecular flexibility index (Phi) is 7.74. The number of guanidine groups is 1. The lowest BCUT2D eigenvalue weighted by atomic mass is 9.95. The van der Waals surface area contributed by atoms with Crippen molar-refractivity contribution in [1.29, 1.82) is 0 Å². The third-order valence-corrected chi connectivity index (χ3v) is 5.78. The monoisotopic (exact) mass is 510 g/mol. The zero-order valence-corrected chi connectivity index (χ0v) is 19.6. The Hall–Kier alpha value is -1.84. The molecular formula is C21H31IN6O. The molecule has 29 heavy (non-hydrogen) atoms. The van der Waals surface area contributed by atoms with Gasteiger partial charge in [-0.3, -0.25) is 0 Å². The molecule has 0 saturated heterocycles. The topological polar surface area (TPSA) is 76.4 Å². The molecule has 0 amide bonds. The molecule has 1 atom stereocenters. The van der Waals surface area contributed by atoms with E-state index >= 15 is 0 Å². The van der Waals surface area contributed by atoms with Gasteiger partial charge in [0.2, 0.25) is 0 Å². The largest absolute Gasteiger partial charge is 0.493 e. The van der Waals surface area contributed by atoms with Crippen LogP contribution < -0.4 is 15.4 Å². The van der Waals surface area contributed by atoms with Crippen molar-refractivity contribution in [2.75, 3.05) is 6.61 Å². The molecule has 0 spiro atoms. The standard InChI is InChI=1S/C21H30N6O.HI/c1-15-25-26-20(27(15)2)14-22-21(23-16-8-4-3-5-9-16)24-18-12-13-28-19-11-7-6-10-17(18)19;/h6-7,10-11,16,18H,3-5,8-9,12-14H2,1-2H3,(H2,22,23,24);1H. The molecule has 2 heterocycles. The maximum Gasteiger partial charge on any atom is 0.192 e. The van der Waals surface area contributed by atoms with Crippen molar-refractivity contribution in [3.05, 3.63) is 41.5 Å². The molecule has 1 fully saturated rings. The third-order valence-electron chi connectivity index (χ3n) is 5.78. The molecule has 2 aliphatic rings. The van der Waals surface area contributed by atoms with E-state index in [-0.39, 0.29) is 30.0 Å². The number of nitrogens with zero attached hydrogens (tertiary/aromatic N) is 4. The molecule has 2 aromatic rings. The number of fused-ring (bicyclic) bond motifs is 1. The van der Waals surface area contributed by atoms with Gasteiger partial charge in [-0.15, -0.1) is 34.2 Å². The van der Waals surface area contributed by atoms with Crippen molar-refractivity contribution in [3.8, 4) is 5.75 Å². The lowest BCUT2D eigenvalue weighted by Crippen LogP contribution is -2.46. The number of hydrogen-bond acceptors (Lipinski definition) is 4. The van der Waals surface area contributed by atoms with E-state index < -0.39 is 0 Å². The third kappa shape index (κ3) is 5.40. The molecule has 1 unspecified atom stereocenters. The van der Waals surface area contributed by atoms with E-state index in [1.54, 1.807) is 0 Å². The van der Waals surface area contributed by atoms with Crippen LogP contribution in [0.2, 0.25) is 0 Å². The summed E-state index contributed by atoms with van der Waals surface area (Å²) in [6.45, 7) is 3.18. The second-order valence-electron chi connectivity index (χ2n) is 7.74. The van der Waals surface area contributed by atoms with Gasteiger partial charge in [0.05, 0.1) is 12.6 Å². The minimum atomic E-state index is 0. The van der Waals surface area contributed by atoms with Crippen molar-refractivity contribution < 1.29 is 4.74 Å². The minimum absolute atomic E-state index is 0. The van der Waals surface area contributed by atoms with Crippen LogP contribution in [0.15, 0.2) is 29.3 Å². The number of aryl methyl sites for hydroxylation is 1. The van der Waals surface area contributed by atoms with Gasteiger partial charge < -0.3 is 19.9 Å². The molecule has 1 aromatic heterocycles. The fraction of sp³-hybridized carbons (Fsp3) is 0.571. The summed E-state index contributed by atoms with van der Waals surface area (Å²) < 4.78 is 7.80. The number of aliphatic imine (C=N–C) groups is 1. The summed E-state index contributed by atoms with van der Waals surface area (Å²) in [5.41, 5.74) is 1.20. The van der Waals surface area contributed by atoms with Crippen molar-refractivity contribution in [1.82, 2.24) is 25.4 Å². The molecule has 1 aliphatic carbocycles. The Bertz CT molecular complexity index is 830. The summed E-state index contributed by atoms with van der Waals surface area (Å²) in [5.74, 6) is 3.59. The van der Waals surface area contributed by atoms with Crippen LogP contribution in [0.3, 0.4) is 0 Å². The van der Waals surface area contributed by atoms with Crippen molar-refractivity contribution in [2.45, 2.75) is 64.1 Å². The molecular weight excluding hydrogens is 479 g/mol. The average molecular weight is 510 g/mol. The Morgan fingerprint density at radius 2 is 1.93 bits per heavy atom. The first-order valence-electron chi connectivity index (χ1n) is 10.3. The first-order valence-corrected chi connectivity index (χ1v) is 10.3. The van der Waals surface area contributed by atoms with Crippen molar-refractivity contribution in [2.24, 2.45) is 12.0 Å². The fourth-order valence-electron chi connectivity index (χ4n) is 3.97. The van der Waals surface area contributed by atoms with Crippen LogP contribution in [0, 0.1) is 6.92 Å². The highest BCUT2D eigenvalue weighted by Gasteiger charge is 2.23. The maximum absolute atomic E-state index is 5.81. The molecule has 158 valence electrons. The van der Waals surface area contributed by atoms with Gasteiger partial charge >= 0.3 is 0 Å². The highest BCUT2D eigenvalue weighted by molar-refractivity contribution is 14.0. The molecule has 7 nitrogen and oxygen atoms in total. The minimum Gasteiger partial charge on any atom is -0.493 e. The van der Waals surface area contributed by atoms with E-state index in [0.717, 1.165) is 29.8 Å². The summed E-state index contributed by atoms with van der Waals surface area (Å²) in [7, 11) is 1.98.